The van der Waals surface area contributed by atoms with Crippen molar-refractivity contribution in [2.75, 3.05) is 39.3 Å². The first-order chi connectivity index (χ1) is 9.76. The molecule has 5 nitrogen and oxygen atoms in total. The lowest BCUT2D eigenvalue weighted by Gasteiger charge is -2.21. The van der Waals surface area contributed by atoms with E-state index in [4.69, 9.17) is 10.2 Å². The van der Waals surface area contributed by atoms with Crippen molar-refractivity contribution in [3.8, 4) is 0 Å². The molecule has 0 aliphatic carbocycles. The Labute approximate surface area is 120 Å². The molecule has 2 rings (SSSR count). The van der Waals surface area contributed by atoms with Crippen LogP contribution in [-0.4, -0.2) is 55.0 Å². The molecular weight excluding hydrogens is 254 g/mol. The normalized spacial score (nSPS) is 17.2. The molecule has 1 aliphatic heterocycles. The van der Waals surface area contributed by atoms with Crippen molar-refractivity contribution in [2.24, 2.45) is 5.73 Å². The van der Waals surface area contributed by atoms with Gasteiger partial charge in [-0.25, -0.2) is 0 Å². The van der Waals surface area contributed by atoms with Gasteiger partial charge in [-0.15, -0.1) is 0 Å². The summed E-state index contributed by atoms with van der Waals surface area (Å²) in [6.07, 6.45) is 4.41. The van der Waals surface area contributed by atoms with Crippen LogP contribution in [0.2, 0.25) is 0 Å². The number of nitrogens with two attached hydrogens (primary N) is 1. The molecule has 2 heterocycles. The Balaban J connectivity index is 1.94. The van der Waals surface area contributed by atoms with Crippen LogP contribution >= 0.6 is 0 Å². The van der Waals surface area contributed by atoms with Crippen LogP contribution in [0.3, 0.4) is 0 Å². The topological polar surface area (TPSA) is 62.7 Å². The van der Waals surface area contributed by atoms with Crippen LogP contribution in [-0.2, 0) is 6.42 Å². The maximum absolute atomic E-state index is 12.5. The van der Waals surface area contributed by atoms with Crippen LogP contribution in [0.4, 0.5) is 0 Å². The molecule has 1 saturated heterocycles. The van der Waals surface area contributed by atoms with Crippen LogP contribution in [0.1, 0.15) is 35.9 Å². The van der Waals surface area contributed by atoms with Gasteiger partial charge >= 0.3 is 0 Å². The third-order valence-electron chi connectivity index (χ3n) is 3.85. The first kappa shape index (κ1) is 15.1. The zero-order chi connectivity index (χ0) is 14.4. The fourth-order valence-corrected chi connectivity index (χ4v) is 2.69. The number of rotatable bonds is 5. The summed E-state index contributed by atoms with van der Waals surface area (Å²) < 4.78 is 5.36. The van der Waals surface area contributed by atoms with Crippen molar-refractivity contribution in [3.63, 3.8) is 0 Å². The van der Waals surface area contributed by atoms with Crippen LogP contribution in [0.15, 0.2) is 16.7 Å². The van der Waals surface area contributed by atoms with E-state index in [9.17, 15) is 4.79 Å². The molecule has 0 radical (unpaired) electrons. The molecule has 1 amide bonds. The van der Waals surface area contributed by atoms with Gasteiger partial charge in [-0.2, -0.15) is 0 Å². The number of aryl methyl sites for hydroxylation is 1. The van der Waals surface area contributed by atoms with Gasteiger partial charge in [-0.05, 0) is 38.5 Å². The van der Waals surface area contributed by atoms with E-state index in [0.717, 1.165) is 69.9 Å². The number of hydrogen-bond donors (Lipinski definition) is 1. The summed E-state index contributed by atoms with van der Waals surface area (Å²) in [5.74, 6) is 0.899. The monoisotopic (exact) mass is 279 g/mol. The first-order valence-electron chi connectivity index (χ1n) is 7.54. The van der Waals surface area contributed by atoms with Gasteiger partial charge < -0.3 is 20.0 Å². The highest BCUT2D eigenvalue weighted by molar-refractivity contribution is 5.95. The van der Waals surface area contributed by atoms with Gasteiger partial charge in [0.05, 0.1) is 11.8 Å². The second kappa shape index (κ2) is 7.45. The van der Waals surface area contributed by atoms with E-state index in [2.05, 4.69) is 4.90 Å². The Bertz CT molecular complexity index is 431. The third-order valence-corrected chi connectivity index (χ3v) is 3.85. The predicted octanol–water partition coefficient (Wildman–Crippen LogP) is 1.34. The summed E-state index contributed by atoms with van der Waals surface area (Å²) >= 11 is 0. The second-order valence-electron chi connectivity index (χ2n) is 5.24. The minimum Gasteiger partial charge on any atom is -0.469 e. The summed E-state index contributed by atoms with van der Waals surface area (Å²) in [6, 6.07) is 1.79. The number of hydrogen-bond acceptors (Lipinski definition) is 4. The van der Waals surface area contributed by atoms with Gasteiger partial charge in [-0.1, -0.05) is 6.92 Å². The summed E-state index contributed by atoms with van der Waals surface area (Å²) in [4.78, 5) is 16.9. The molecule has 112 valence electrons. The van der Waals surface area contributed by atoms with Gasteiger partial charge in [0.2, 0.25) is 0 Å². The Kier molecular flexibility index (Phi) is 5.61. The highest BCUT2D eigenvalue weighted by Gasteiger charge is 2.22. The average Bonchev–Trinajstić information content (AvgIpc) is 2.82. The summed E-state index contributed by atoms with van der Waals surface area (Å²) in [5, 5.41) is 0. The summed E-state index contributed by atoms with van der Waals surface area (Å²) in [7, 11) is 0. The van der Waals surface area contributed by atoms with E-state index in [1.54, 1.807) is 12.3 Å². The predicted molar refractivity (Wildman–Crippen MR) is 78.7 cm³/mol. The standard InChI is InChI=1S/C15H25N3O2/c1-2-14-13(5-12-20-14)15(19)18-9-4-8-17(10-11-18)7-3-6-16/h5,12H,2-4,6-11,16H2,1H3. The van der Waals surface area contributed by atoms with Crippen molar-refractivity contribution < 1.29 is 9.21 Å². The molecule has 0 spiro atoms. The van der Waals surface area contributed by atoms with Crippen molar-refractivity contribution in [1.82, 2.24) is 9.80 Å². The molecule has 0 atom stereocenters. The van der Waals surface area contributed by atoms with E-state index >= 15 is 0 Å². The quantitative estimate of drug-likeness (QED) is 0.883. The fraction of sp³-hybridized carbons (Fsp3) is 0.667. The maximum atomic E-state index is 12.5. The fourth-order valence-electron chi connectivity index (χ4n) is 2.69. The Morgan fingerprint density at radius 1 is 1.35 bits per heavy atom. The Morgan fingerprint density at radius 3 is 2.95 bits per heavy atom. The van der Waals surface area contributed by atoms with E-state index < -0.39 is 0 Å². The average molecular weight is 279 g/mol. The number of amides is 1. The van der Waals surface area contributed by atoms with Crippen LogP contribution < -0.4 is 5.73 Å². The van der Waals surface area contributed by atoms with Gasteiger partial charge in [0.25, 0.3) is 5.91 Å². The molecule has 5 heteroatoms. The highest BCUT2D eigenvalue weighted by Crippen LogP contribution is 2.15. The lowest BCUT2D eigenvalue weighted by atomic mass is 10.2. The lowest BCUT2D eigenvalue weighted by Crippen LogP contribution is -2.35. The minimum absolute atomic E-state index is 0.108. The zero-order valence-electron chi connectivity index (χ0n) is 12.3. The SMILES string of the molecule is CCc1occc1C(=O)N1CCCN(CCCN)CC1. The highest BCUT2D eigenvalue weighted by atomic mass is 16.3. The molecule has 0 unspecified atom stereocenters. The van der Waals surface area contributed by atoms with Crippen molar-refractivity contribution in [3.05, 3.63) is 23.7 Å². The minimum atomic E-state index is 0.108. The summed E-state index contributed by atoms with van der Waals surface area (Å²) in [5.41, 5.74) is 6.28. The number of nitrogens with zero attached hydrogens (tertiary/aromatic N) is 2. The van der Waals surface area contributed by atoms with Crippen LogP contribution in [0.25, 0.3) is 0 Å². The van der Waals surface area contributed by atoms with E-state index in [0.29, 0.717) is 0 Å². The molecule has 0 bridgehead atoms. The molecule has 1 aromatic heterocycles. The first-order valence-corrected chi connectivity index (χ1v) is 7.54. The number of carbonyl (C=O) groups excluding carboxylic acids is 1. The van der Waals surface area contributed by atoms with Crippen molar-refractivity contribution in [1.29, 1.82) is 0 Å². The van der Waals surface area contributed by atoms with Gasteiger partial charge in [-0.3, -0.25) is 4.79 Å². The third kappa shape index (κ3) is 3.61. The molecule has 0 saturated carbocycles. The maximum Gasteiger partial charge on any atom is 0.257 e. The van der Waals surface area contributed by atoms with Crippen LogP contribution in [0.5, 0.6) is 0 Å². The van der Waals surface area contributed by atoms with E-state index in [-0.39, 0.29) is 5.91 Å². The van der Waals surface area contributed by atoms with Crippen LogP contribution in [0, 0.1) is 0 Å². The van der Waals surface area contributed by atoms with E-state index in [1.807, 2.05) is 11.8 Å². The number of furan rings is 1. The molecule has 1 aromatic rings. The van der Waals surface area contributed by atoms with E-state index in [1.165, 1.54) is 0 Å². The van der Waals surface area contributed by atoms with Gasteiger partial charge in [0.15, 0.2) is 0 Å². The van der Waals surface area contributed by atoms with Crippen molar-refractivity contribution in [2.45, 2.75) is 26.2 Å². The molecule has 1 aliphatic rings. The smallest absolute Gasteiger partial charge is 0.257 e. The second-order valence-corrected chi connectivity index (χ2v) is 5.24. The molecule has 20 heavy (non-hydrogen) atoms. The molecule has 1 fully saturated rings. The summed E-state index contributed by atoms with van der Waals surface area (Å²) in [6.45, 7) is 7.37. The molecular formula is C15H25N3O2. The lowest BCUT2D eigenvalue weighted by molar-refractivity contribution is 0.0759. The van der Waals surface area contributed by atoms with Gasteiger partial charge in [0.1, 0.15) is 5.76 Å². The van der Waals surface area contributed by atoms with Crippen molar-refractivity contribution >= 4 is 5.91 Å². The molecule has 2 N–H and O–H groups in total. The Morgan fingerprint density at radius 2 is 2.20 bits per heavy atom. The zero-order valence-corrected chi connectivity index (χ0v) is 12.3. The number of carbonyl (C=O) groups is 1. The molecule has 0 aromatic carbocycles. The van der Waals surface area contributed by atoms with Gasteiger partial charge in [0, 0.05) is 26.1 Å². The largest absolute Gasteiger partial charge is 0.469 e. The Hall–Kier alpha value is -1.33.